The van der Waals surface area contributed by atoms with Crippen LogP contribution < -0.4 is 0 Å². The van der Waals surface area contributed by atoms with E-state index in [1.165, 1.54) is 0 Å². The van der Waals surface area contributed by atoms with Crippen molar-refractivity contribution >= 4 is 0 Å². The Labute approximate surface area is 89.7 Å². The molecule has 0 saturated heterocycles. The van der Waals surface area contributed by atoms with Crippen molar-refractivity contribution in [3.05, 3.63) is 27.9 Å². The van der Waals surface area contributed by atoms with Crippen LogP contribution in [0.15, 0.2) is 11.2 Å². The van der Waals surface area contributed by atoms with Crippen LogP contribution in [0.1, 0.15) is 32.2 Å². The monoisotopic (exact) mass is 207 g/mol. The molecule has 0 saturated carbocycles. The van der Waals surface area contributed by atoms with E-state index in [2.05, 4.69) is 42.0 Å². The van der Waals surface area contributed by atoms with Gasteiger partial charge in [0.05, 0.1) is 5.69 Å². The smallest absolute Gasteiger partial charge is 0.0680 e. The van der Waals surface area contributed by atoms with Crippen LogP contribution in [-0.2, 0) is 18.9 Å². The Bertz CT molecular complexity index is 379. The zero-order chi connectivity index (χ0) is 11.5. The summed E-state index contributed by atoms with van der Waals surface area (Å²) in [5.74, 6) is 0. The zero-order valence-corrected chi connectivity index (χ0v) is 9.73. The molecule has 1 aromatic heterocycles. The summed E-state index contributed by atoms with van der Waals surface area (Å²) in [6.45, 7) is 6.88. The van der Waals surface area contributed by atoms with Crippen molar-refractivity contribution in [1.82, 2.24) is 9.78 Å². The highest BCUT2D eigenvalue weighted by Gasteiger charge is 2.18. The molecule has 0 atom stereocenters. The third kappa shape index (κ3) is 2.99. The Hall–Kier alpha value is -1.48. The molecule has 82 valence electrons. The van der Waals surface area contributed by atoms with Gasteiger partial charge in [0.25, 0.3) is 0 Å². The predicted molar refractivity (Wildman–Crippen MR) is 59.6 cm³/mol. The lowest BCUT2D eigenvalue weighted by Gasteiger charge is -2.13. The Balaban J connectivity index is 2.82. The van der Waals surface area contributed by atoms with Gasteiger partial charge >= 0.3 is 0 Å². The standard InChI is InChI=1S/C10H17N5/c1-10(2,3)9-7-8(15(4)13-9)5-6-12-14-11/h7H,5-6H2,1-4H3. The van der Waals surface area contributed by atoms with Crippen molar-refractivity contribution in [2.24, 2.45) is 12.2 Å². The van der Waals surface area contributed by atoms with E-state index in [4.69, 9.17) is 5.53 Å². The third-order valence-corrected chi connectivity index (χ3v) is 2.28. The Morgan fingerprint density at radius 1 is 1.53 bits per heavy atom. The lowest BCUT2D eigenvalue weighted by atomic mass is 9.92. The summed E-state index contributed by atoms with van der Waals surface area (Å²) in [7, 11) is 1.92. The quantitative estimate of drug-likeness (QED) is 0.426. The van der Waals surface area contributed by atoms with E-state index in [1.54, 1.807) is 0 Å². The van der Waals surface area contributed by atoms with Crippen LogP contribution in [-0.4, -0.2) is 16.3 Å². The molecular weight excluding hydrogens is 190 g/mol. The molecule has 0 amide bonds. The van der Waals surface area contributed by atoms with Crippen LogP contribution in [0.3, 0.4) is 0 Å². The second-order valence-corrected chi connectivity index (χ2v) is 4.60. The van der Waals surface area contributed by atoms with Crippen molar-refractivity contribution in [3.63, 3.8) is 0 Å². The molecule has 0 aliphatic carbocycles. The summed E-state index contributed by atoms with van der Waals surface area (Å²) in [5.41, 5.74) is 10.4. The first-order valence-electron chi connectivity index (χ1n) is 4.99. The highest BCUT2D eigenvalue weighted by molar-refractivity contribution is 5.17. The molecule has 0 unspecified atom stereocenters. The number of aryl methyl sites for hydroxylation is 1. The maximum absolute atomic E-state index is 8.18. The van der Waals surface area contributed by atoms with Gasteiger partial charge in [0.2, 0.25) is 0 Å². The van der Waals surface area contributed by atoms with Gasteiger partial charge < -0.3 is 0 Å². The highest BCUT2D eigenvalue weighted by Crippen LogP contribution is 2.21. The van der Waals surface area contributed by atoms with Gasteiger partial charge in [-0.05, 0) is 18.0 Å². The number of azide groups is 1. The van der Waals surface area contributed by atoms with Gasteiger partial charge in [-0.3, -0.25) is 4.68 Å². The second kappa shape index (κ2) is 4.36. The van der Waals surface area contributed by atoms with Crippen LogP contribution in [0.5, 0.6) is 0 Å². The summed E-state index contributed by atoms with van der Waals surface area (Å²) in [5, 5.41) is 7.96. The minimum absolute atomic E-state index is 0.0640. The number of rotatable bonds is 3. The van der Waals surface area contributed by atoms with Crippen LogP contribution in [0, 0.1) is 0 Å². The van der Waals surface area contributed by atoms with Gasteiger partial charge in [-0.1, -0.05) is 25.9 Å². The lowest BCUT2D eigenvalue weighted by molar-refractivity contribution is 0.551. The minimum atomic E-state index is 0.0640. The van der Waals surface area contributed by atoms with E-state index in [0.29, 0.717) is 6.54 Å². The Kier molecular flexibility index (Phi) is 3.37. The Morgan fingerprint density at radius 3 is 2.67 bits per heavy atom. The molecule has 1 rings (SSSR count). The molecule has 0 fully saturated rings. The van der Waals surface area contributed by atoms with Crippen molar-refractivity contribution in [1.29, 1.82) is 0 Å². The summed E-state index contributed by atoms with van der Waals surface area (Å²) < 4.78 is 1.85. The summed E-state index contributed by atoms with van der Waals surface area (Å²) >= 11 is 0. The molecule has 0 spiro atoms. The summed E-state index contributed by atoms with van der Waals surface area (Å²) in [6.07, 6.45) is 0.740. The molecule has 0 bridgehead atoms. The molecular formula is C10H17N5. The molecule has 5 heteroatoms. The fourth-order valence-corrected chi connectivity index (χ4v) is 1.32. The molecule has 1 aromatic rings. The SMILES string of the molecule is Cn1nc(C(C)(C)C)cc1CCN=[N+]=[N-]. The van der Waals surface area contributed by atoms with Gasteiger partial charge in [-0.25, -0.2) is 0 Å². The van der Waals surface area contributed by atoms with Crippen LogP contribution in [0.25, 0.3) is 10.4 Å². The highest BCUT2D eigenvalue weighted by atomic mass is 15.3. The van der Waals surface area contributed by atoms with E-state index in [9.17, 15) is 0 Å². The topological polar surface area (TPSA) is 66.6 Å². The predicted octanol–water partition coefficient (Wildman–Crippen LogP) is 2.57. The maximum atomic E-state index is 8.18. The summed E-state index contributed by atoms with van der Waals surface area (Å²) in [4.78, 5) is 2.73. The summed E-state index contributed by atoms with van der Waals surface area (Å²) in [6, 6.07) is 2.08. The van der Waals surface area contributed by atoms with Gasteiger partial charge in [0.15, 0.2) is 0 Å². The largest absolute Gasteiger partial charge is 0.272 e. The van der Waals surface area contributed by atoms with E-state index < -0.39 is 0 Å². The third-order valence-electron chi connectivity index (χ3n) is 2.28. The van der Waals surface area contributed by atoms with Gasteiger partial charge in [-0.2, -0.15) is 5.10 Å². The molecule has 0 aromatic carbocycles. The van der Waals surface area contributed by atoms with Crippen molar-refractivity contribution in [3.8, 4) is 0 Å². The minimum Gasteiger partial charge on any atom is -0.272 e. The van der Waals surface area contributed by atoms with Gasteiger partial charge in [0.1, 0.15) is 0 Å². The first kappa shape index (κ1) is 11.6. The average molecular weight is 207 g/mol. The van der Waals surface area contributed by atoms with Crippen molar-refractivity contribution < 1.29 is 0 Å². The van der Waals surface area contributed by atoms with Gasteiger partial charge in [-0.15, -0.1) is 0 Å². The number of nitrogens with zero attached hydrogens (tertiary/aromatic N) is 5. The second-order valence-electron chi connectivity index (χ2n) is 4.60. The van der Waals surface area contributed by atoms with E-state index in [0.717, 1.165) is 17.8 Å². The molecule has 0 radical (unpaired) electrons. The van der Waals surface area contributed by atoms with Crippen LogP contribution in [0.2, 0.25) is 0 Å². The normalized spacial score (nSPS) is 11.2. The van der Waals surface area contributed by atoms with Gasteiger partial charge in [0, 0.05) is 29.6 Å². The molecule has 1 heterocycles. The fourth-order valence-electron chi connectivity index (χ4n) is 1.32. The van der Waals surface area contributed by atoms with E-state index in [-0.39, 0.29) is 5.41 Å². The average Bonchev–Trinajstić information content (AvgIpc) is 2.48. The number of hydrogen-bond donors (Lipinski definition) is 0. The lowest BCUT2D eigenvalue weighted by Crippen LogP contribution is -2.12. The molecule has 5 nitrogen and oxygen atoms in total. The first-order chi connectivity index (χ1) is 6.95. The molecule has 0 aliphatic heterocycles. The maximum Gasteiger partial charge on any atom is 0.0680 e. The van der Waals surface area contributed by atoms with Crippen LogP contribution >= 0.6 is 0 Å². The van der Waals surface area contributed by atoms with Crippen molar-refractivity contribution in [2.45, 2.75) is 32.6 Å². The number of aromatic nitrogens is 2. The molecule has 0 aliphatic rings. The fraction of sp³-hybridized carbons (Fsp3) is 0.700. The van der Waals surface area contributed by atoms with E-state index >= 15 is 0 Å². The molecule has 0 N–H and O–H groups in total. The number of hydrogen-bond acceptors (Lipinski definition) is 2. The zero-order valence-electron chi connectivity index (χ0n) is 9.73. The van der Waals surface area contributed by atoms with E-state index in [1.807, 2.05) is 11.7 Å². The first-order valence-corrected chi connectivity index (χ1v) is 4.99. The Morgan fingerprint density at radius 2 is 2.20 bits per heavy atom. The molecule has 15 heavy (non-hydrogen) atoms. The van der Waals surface area contributed by atoms with Crippen LogP contribution in [0.4, 0.5) is 0 Å². The van der Waals surface area contributed by atoms with Crippen molar-refractivity contribution in [2.75, 3.05) is 6.54 Å².